The first-order chi connectivity index (χ1) is 15.2. The van der Waals surface area contributed by atoms with Gasteiger partial charge in [-0.15, -0.1) is 0 Å². The second-order valence-corrected chi connectivity index (χ2v) is 8.58. The van der Waals surface area contributed by atoms with Gasteiger partial charge in [-0.25, -0.2) is 0 Å². The number of rotatable bonds is 9. The Morgan fingerprint density at radius 3 is 2.62 bits per heavy atom. The van der Waals surface area contributed by atoms with E-state index in [0.29, 0.717) is 13.0 Å². The SMILES string of the molecule is COCCCN1C(=O)C[C@@](CC(=O)N[C@@H](C)c2cn(C)nc2C)(c2ccccc2C)C1=O. The van der Waals surface area contributed by atoms with Crippen molar-refractivity contribution in [2.24, 2.45) is 7.05 Å². The van der Waals surface area contributed by atoms with Crippen LogP contribution in [0.5, 0.6) is 0 Å². The highest BCUT2D eigenvalue weighted by Crippen LogP contribution is 2.41. The van der Waals surface area contributed by atoms with Crippen LogP contribution in [0, 0.1) is 13.8 Å². The molecule has 0 saturated carbocycles. The van der Waals surface area contributed by atoms with Crippen molar-refractivity contribution in [2.75, 3.05) is 20.3 Å². The van der Waals surface area contributed by atoms with Gasteiger partial charge in [-0.3, -0.25) is 24.0 Å². The average Bonchev–Trinajstić information content (AvgIpc) is 3.19. The molecule has 32 heavy (non-hydrogen) atoms. The largest absolute Gasteiger partial charge is 0.385 e. The predicted octanol–water partition coefficient (Wildman–Crippen LogP) is 2.34. The van der Waals surface area contributed by atoms with Crippen LogP contribution in [-0.2, 0) is 31.6 Å². The Morgan fingerprint density at radius 1 is 1.28 bits per heavy atom. The highest BCUT2D eigenvalue weighted by Gasteiger charge is 2.54. The zero-order valence-electron chi connectivity index (χ0n) is 19.5. The predicted molar refractivity (Wildman–Crippen MR) is 120 cm³/mol. The Balaban J connectivity index is 1.88. The van der Waals surface area contributed by atoms with Crippen molar-refractivity contribution in [3.05, 3.63) is 52.8 Å². The van der Waals surface area contributed by atoms with Gasteiger partial charge >= 0.3 is 0 Å². The minimum Gasteiger partial charge on any atom is -0.385 e. The molecule has 172 valence electrons. The first-order valence-electron chi connectivity index (χ1n) is 10.9. The van der Waals surface area contributed by atoms with Crippen LogP contribution in [0.4, 0.5) is 0 Å². The van der Waals surface area contributed by atoms with Crippen molar-refractivity contribution in [1.29, 1.82) is 0 Å². The first kappa shape index (κ1) is 23.7. The van der Waals surface area contributed by atoms with E-state index in [-0.39, 0.29) is 43.1 Å². The molecule has 0 radical (unpaired) electrons. The number of likely N-dealkylation sites (tertiary alicyclic amines) is 1. The van der Waals surface area contributed by atoms with E-state index < -0.39 is 5.41 Å². The molecule has 1 N–H and O–H groups in total. The van der Waals surface area contributed by atoms with Crippen molar-refractivity contribution in [1.82, 2.24) is 20.0 Å². The molecule has 2 aromatic rings. The fraction of sp³-hybridized carbons (Fsp3) is 0.500. The third-order valence-corrected chi connectivity index (χ3v) is 6.16. The lowest BCUT2D eigenvalue weighted by molar-refractivity contribution is -0.141. The van der Waals surface area contributed by atoms with Crippen LogP contribution in [-0.4, -0.2) is 52.7 Å². The summed E-state index contributed by atoms with van der Waals surface area (Å²) in [6.45, 7) is 6.43. The van der Waals surface area contributed by atoms with Crippen LogP contribution in [0.25, 0.3) is 0 Å². The number of benzene rings is 1. The van der Waals surface area contributed by atoms with Crippen molar-refractivity contribution in [3.63, 3.8) is 0 Å². The Hall–Kier alpha value is -3.00. The number of ether oxygens (including phenoxy) is 1. The third kappa shape index (κ3) is 4.60. The number of aryl methyl sites for hydroxylation is 3. The molecule has 2 atom stereocenters. The van der Waals surface area contributed by atoms with E-state index in [1.165, 1.54) is 4.90 Å². The van der Waals surface area contributed by atoms with E-state index in [1.54, 1.807) is 11.8 Å². The van der Waals surface area contributed by atoms with Crippen molar-refractivity contribution >= 4 is 17.7 Å². The third-order valence-electron chi connectivity index (χ3n) is 6.16. The molecule has 3 amide bonds. The second-order valence-electron chi connectivity index (χ2n) is 8.58. The van der Waals surface area contributed by atoms with E-state index in [0.717, 1.165) is 22.4 Å². The Bertz CT molecular complexity index is 1020. The summed E-state index contributed by atoms with van der Waals surface area (Å²) in [6, 6.07) is 7.21. The minimum absolute atomic E-state index is 0.0165. The summed E-state index contributed by atoms with van der Waals surface area (Å²) in [5.41, 5.74) is 2.17. The summed E-state index contributed by atoms with van der Waals surface area (Å²) in [6.07, 6.45) is 2.32. The lowest BCUT2D eigenvalue weighted by atomic mass is 9.74. The van der Waals surface area contributed by atoms with Gasteiger partial charge in [0.25, 0.3) is 0 Å². The van der Waals surface area contributed by atoms with Gasteiger partial charge in [0.1, 0.15) is 0 Å². The highest BCUT2D eigenvalue weighted by atomic mass is 16.5. The molecular weight excluding hydrogens is 408 g/mol. The maximum absolute atomic E-state index is 13.6. The molecule has 1 aliphatic rings. The summed E-state index contributed by atoms with van der Waals surface area (Å²) >= 11 is 0. The number of hydrogen-bond acceptors (Lipinski definition) is 5. The van der Waals surface area contributed by atoms with Gasteiger partial charge in [-0.2, -0.15) is 5.10 Å². The lowest BCUT2D eigenvalue weighted by Crippen LogP contribution is -2.43. The van der Waals surface area contributed by atoms with Gasteiger partial charge < -0.3 is 10.1 Å². The number of nitrogens with zero attached hydrogens (tertiary/aromatic N) is 3. The molecule has 1 aliphatic heterocycles. The summed E-state index contributed by atoms with van der Waals surface area (Å²) < 4.78 is 6.78. The van der Waals surface area contributed by atoms with Crippen molar-refractivity contribution in [3.8, 4) is 0 Å². The lowest BCUT2D eigenvalue weighted by Gasteiger charge is -2.29. The number of amides is 3. The van der Waals surface area contributed by atoms with E-state index in [4.69, 9.17) is 4.74 Å². The molecule has 0 unspecified atom stereocenters. The molecular formula is C24H32N4O4. The minimum atomic E-state index is -1.21. The number of methoxy groups -OCH3 is 1. The quantitative estimate of drug-likeness (QED) is 0.477. The van der Waals surface area contributed by atoms with Gasteiger partial charge in [0.05, 0.1) is 17.2 Å². The fourth-order valence-corrected chi connectivity index (χ4v) is 4.64. The molecule has 8 nitrogen and oxygen atoms in total. The van der Waals surface area contributed by atoms with E-state index in [2.05, 4.69) is 10.4 Å². The first-order valence-corrected chi connectivity index (χ1v) is 10.9. The summed E-state index contributed by atoms with van der Waals surface area (Å²) in [5.74, 6) is -0.838. The fourth-order valence-electron chi connectivity index (χ4n) is 4.64. The molecule has 0 bridgehead atoms. The van der Waals surface area contributed by atoms with Crippen LogP contribution in [0.2, 0.25) is 0 Å². The molecule has 1 saturated heterocycles. The monoisotopic (exact) mass is 440 g/mol. The second kappa shape index (κ2) is 9.65. The number of carbonyl (C=O) groups is 3. The van der Waals surface area contributed by atoms with Gasteiger partial charge in [0.2, 0.25) is 17.7 Å². The number of hydrogen-bond donors (Lipinski definition) is 1. The molecule has 1 aromatic carbocycles. The molecule has 1 aromatic heterocycles. The van der Waals surface area contributed by atoms with Gasteiger partial charge in [0, 0.05) is 51.9 Å². The highest BCUT2D eigenvalue weighted by molar-refractivity contribution is 6.11. The average molecular weight is 441 g/mol. The Morgan fingerprint density at radius 2 is 2.00 bits per heavy atom. The summed E-state index contributed by atoms with van der Waals surface area (Å²) in [7, 11) is 3.42. The van der Waals surface area contributed by atoms with E-state index >= 15 is 0 Å². The zero-order chi connectivity index (χ0) is 23.5. The number of nitrogens with one attached hydrogen (secondary N) is 1. The molecule has 0 aliphatic carbocycles. The molecule has 2 heterocycles. The number of carbonyl (C=O) groups excluding carboxylic acids is 3. The van der Waals surface area contributed by atoms with Gasteiger partial charge in [-0.1, -0.05) is 24.3 Å². The Kier molecular flexibility index (Phi) is 7.13. The smallest absolute Gasteiger partial charge is 0.240 e. The summed E-state index contributed by atoms with van der Waals surface area (Å²) in [4.78, 5) is 40.9. The van der Waals surface area contributed by atoms with Crippen LogP contribution in [0.15, 0.2) is 30.5 Å². The number of aromatic nitrogens is 2. The normalized spacial score (nSPS) is 19.5. The number of imide groups is 1. The van der Waals surface area contributed by atoms with Crippen molar-refractivity contribution in [2.45, 2.75) is 51.5 Å². The van der Waals surface area contributed by atoms with Crippen LogP contribution in [0.3, 0.4) is 0 Å². The van der Waals surface area contributed by atoms with Gasteiger partial charge in [0.15, 0.2) is 0 Å². The van der Waals surface area contributed by atoms with E-state index in [9.17, 15) is 14.4 Å². The molecule has 0 spiro atoms. The standard InChI is InChI=1S/C24H32N4O4/c1-16-9-6-7-10-20(16)24(14-22(30)28(23(24)31)11-8-12-32-5)13-21(29)25-17(2)19-15-27(4)26-18(19)3/h6-7,9-10,15,17H,8,11-14H2,1-5H3,(H,25,29)/t17-,24-/m0/s1. The van der Waals surface area contributed by atoms with Crippen molar-refractivity contribution < 1.29 is 19.1 Å². The molecule has 8 heteroatoms. The Labute approximate surface area is 188 Å². The van der Waals surface area contributed by atoms with Crippen LogP contribution >= 0.6 is 0 Å². The topological polar surface area (TPSA) is 93.5 Å². The van der Waals surface area contributed by atoms with Crippen LogP contribution in [0.1, 0.15) is 54.6 Å². The zero-order valence-corrected chi connectivity index (χ0v) is 19.5. The van der Waals surface area contributed by atoms with E-state index in [1.807, 2.05) is 58.3 Å². The molecule has 1 fully saturated rings. The maximum atomic E-state index is 13.6. The van der Waals surface area contributed by atoms with Crippen LogP contribution < -0.4 is 5.32 Å². The van der Waals surface area contributed by atoms with Gasteiger partial charge in [-0.05, 0) is 38.3 Å². The maximum Gasteiger partial charge on any atom is 0.240 e. The summed E-state index contributed by atoms with van der Waals surface area (Å²) in [5, 5.41) is 7.33. The molecule has 3 rings (SSSR count).